The minimum absolute atomic E-state index is 0.226. The number of aliphatic hydroxyl groups is 1. The van der Waals surface area contributed by atoms with Gasteiger partial charge in [0.05, 0.1) is 6.10 Å². The van der Waals surface area contributed by atoms with Gasteiger partial charge >= 0.3 is 0 Å². The molecule has 0 bridgehead atoms. The highest BCUT2D eigenvalue weighted by atomic mass is 32.1. The summed E-state index contributed by atoms with van der Waals surface area (Å²) < 4.78 is 0. The number of hydrogen-bond acceptors (Lipinski definition) is 2. The highest BCUT2D eigenvalue weighted by molar-refractivity contribution is 7.10. The van der Waals surface area contributed by atoms with Gasteiger partial charge in [0.25, 0.3) is 0 Å². The summed E-state index contributed by atoms with van der Waals surface area (Å²) in [5.74, 6) is 0. The summed E-state index contributed by atoms with van der Waals surface area (Å²) in [5.41, 5.74) is 0. The van der Waals surface area contributed by atoms with Crippen molar-refractivity contribution in [2.24, 2.45) is 0 Å². The summed E-state index contributed by atoms with van der Waals surface area (Å²) in [4.78, 5) is 1.12. The molecule has 1 aromatic rings. The van der Waals surface area contributed by atoms with Crippen LogP contribution in [0.25, 0.3) is 0 Å². The van der Waals surface area contributed by atoms with Crippen molar-refractivity contribution in [2.45, 2.75) is 64.4 Å². The maximum Gasteiger partial charge on any atom is 0.0882 e. The van der Waals surface area contributed by atoms with Gasteiger partial charge in [-0.1, -0.05) is 57.9 Å². The van der Waals surface area contributed by atoms with Crippen LogP contribution in [0, 0.1) is 0 Å². The van der Waals surface area contributed by atoms with Crippen molar-refractivity contribution in [3.63, 3.8) is 0 Å². The first-order chi connectivity index (χ1) is 7.84. The van der Waals surface area contributed by atoms with E-state index >= 15 is 0 Å². The lowest BCUT2D eigenvalue weighted by atomic mass is 10.1. The van der Waals surface area contributed by atoms with E-state index in [2.05, 4.69) is 6.92 Å². The first kappa shape index (κ1) is 13.7. The van der Waals surface area contributed by atoms with Crippen molar-refractivity contribution >= 4 is 11.3 Å². The van der Waals surface area contributed by atoms with Gasteiger partial charge in [-0.05, 0) is 17.9 Å². The molecule has 1 rings (SSSR count). The quantitative estimate of drug-likeness (QED) is 0.607. The molecular weight excluding hydrogens is 216 g/mol. The number of unbranched alkanes of at least 4 members (excludes halogenated alkanes) is 6. The van der Waals surface area contributed by atoms with Gasteiger partial charge in [0, 0.05) is 4.88 Å². The second-order valence-corrected chi connectivity index (χ2v) is 5.42. The SMILES string of the molecule is CCCCCCCCCC(O)c1cccs1. The summed E-state index contributed by atoms with van der Waals surface area (Å²) >= 11 is 1.66. The Bertz CT molecular complexity index is 243. The molecule has 1 nitrogen and oxygen atoms in total. The lowest BCUT2D eigenvalue weighted by Crippen LogP contribution is -1.94. The van der Waals surface area contributed by atoms with Gasteiger partial charge in [0.2, 0.25) is 0 Å². The molecule has 0 saturated heterocycles. The van der Waals surface area contributed by atoms with E-state index < -0.39 is 0 Å². The van der Waals surface area contributed by atoms with E-state index in [9.17, 15) is 5.11 Å². The lowest BCUT2D eigenvalue weighted by Gasteiger charge is -2.07. The highest BCUT2D eigenvalue weighted by Crippen LogP contribution is 2.23. The molecule has 2 heteroatoms. The third-order valence-electron chi connectivity index (χ3n) is 2.95. The van der Waals surface area contributed by atoms with Crippen molar-refractivity contribution in [1.29, 1.82) is 0 Å². The molecule has 0 aliphatic carbocycles. The van der Waals surface area contributed by atoms with Crippen LogP contribution < -0.4 is 0 Å². The standard InChI is InChI=1S/C14H24OS/c1-2-3-4-5-6-7-8-10-13(15)14-11-9-12-16-14/h9,11-13,15H,2-8,10H2,1H3. The molecule has 0 aliphatic rings. The molecular formula is C14H24OS. The number of thiophene rings is 1. The molecule has 0 amide bonds. The fourth-order valence-electron chi connectivity index (χ4n) is 1.92. The average molecular weight is 240 g/mol. The summed E-state index contributed by atoms with van der Waals surface area (Å²) in [6, 6.07) is 4.03. The van der Waals surface area contributed by atoms with E-state index in [-0.39, 0.29) is 6.10 Å². The normalized spacial score (nSPS) is 12.9. The Balaban J connectivity index is 1.95. The summed E-state index contributed by atoms with van der Waals surface area (Å²) in [6.07, 6.45) is 9.89. The van der Waals surface area contributed by atoms with Crippen LogP contribution in [0.4, 0.5) is 0 Å². The second-order valence-electron chi connectivity index (χ2n) is 4.44. The minimum Gasteiger partial charge on any atom is -0.388 e. The van der Waals surface area contributed by atoms with Crippen LogP contribution in [-0.4, -0.2) is 5.11 Å². The van der Waals surface area contributed by atoms with E-state index in [1.165, 1.54) is 38.5 Å². The number of rotatable bonds is 9. The minimum atomic E-state index is -0.226. The smallest absolute Gasteiger partial charge is 0.0882 e. The Kier molecular flexibility index (Phi) is 7.52. The maximum absolute atomic E-state index is 9.86. The van der Waals surface area contributed by atoms with Crippen LogP contribution in [0.3, 0.4) is 0 Å². The van der Waals surface area contributed by atoms with Gasteiger partial charge in [-0.2, -0.15) is 0 Å². The van der Waals surface area contributed by atoms with Crippen molar-refractivity contribution in [1.82, 2.24) is 0 Å². The molecule has 0 saturated carbocycles. The third-order valence-corrected chi connectivity index (χ3v) is 3.93. The van der Waals surface area contributed by atoms with Crippen molar-refractivity contribution in [3.05, 3.63) is 22.4 Å². The van der Waals surface area contributed by atoms with Crippen LogP contribution in [0.15, 0.2) is 17.5 Å². The fraction of sp³-hybridized carbons (Fsp3) is 0.714. The molecule has 0 aliphatic heterocycles. The van der Waals surface area contributed by atoms with Crippen molar-refractivity contribution < 1.29 is 5.11 Å². The molecule has 1 N–H and O–H groups in total. The van der Waals surface area contributed by atoms with Gasteiger partial charge in [-0.25, -0.2) is 0 Å². The van der Waals surface area contributed by atoms with Gasteiger partial charge in [0.15, 0.2) is 0 Å². The average Bonchev–Trinajstić information content (AvgIpc) is 2.81. The first-order valence-corrected chi connectivity index (χ1v) is 7.44. The Morgan fingerprint density at radius 2 is 1.81 bits per heavy atom. The Hall–Kier alpha value is -0.340. The van der Waals surface area contributed by atoms with E-state index in [1.807, 2.05) is 17.5 Å². The monoisotopic (exact) mass is 240 g/mol. The largest absolute Gasteiger partial charge is 0.388 e. The predicted molar refractivity (Wildman–Crippen MR) is 71.9 cm³/mol. The topological polar surface area (TPSA) is 20.2 Å². The third kappa shape index (κ3) is 5.66. The molecule has 0 aromatic carbocycles. The summed E-state index contributed by atoms with van der Waals surface area (Å²) in [5, 5.41) is 11.9. The van der Waals surface area contributed by atoms with Crippen molar-refractivity contribution in [3.8, 4) is 0 Å². The molecule has 0 radical (unpaired) electrons. The Morgan fingerprint density at radius 3 is 2.44 bits per heavy atom. The lowest BCUT2D eigenvalue weighted by molar-refractivity contribution is 0.167. The van der Waals surface area contributed by atoms with Crippen LogP contribution in [0.1, 0.15) is 69.3 Å². The van der Waals surface area contributed by atoms with Gasteiger partial charge < -0.3 is 5.11 Å². The molecule has 1 unspecified atom stereocenters. The zero-order valence-electron chi connectivity index (χ0n) is 10.3. The van der Waals surface area contributed by atoms with Crippen LogP contribution in [0.2, 0.25) is 0 Å². The van der Waals surface area contributed by atoms with E-state index in [4.69, 9.17) is 0 Å². The van der Waals surface area contributed by atoms with E-state index in [0.29, 0.717) is 0 Å². The van der Waals surface area contributed by atoms with Gasteiger partial charge in [-0.15, -0.1) is 11.3 Å². The molecule has 0 spiro atoms. The predicted octanol–water partition coefficient (Wildman–Crippen LogP) is 4.92. The maximum atomic E-state index is 9.86. The Morgan fingerprint density at radius 1 is 1.12 bits per heavy atom. The summed E-state index contributed by atoms with van der Waals surface area (Å²) in [6.45, 7) is 2.25. The van der Waals surface area contributed by atoms with Crippen LogP contribution in [-0.2, 0) is 0 Å². The molecule has 1 aromatic heterocycles. The van der Waals surface area contributed by atoms with Gasteiger partial charge in [-0.3, -0.25) is 0 Å². The van der Waals surface area contributed by atoms with Crippen LogP contribution in [0.5, 0.6) is 0 Å². The number of aliphatic hydroxyl groups excluding tert-OH is 1. The van der Waals surface area contributed by atoms with E-state index in [1.54, 1.807) is 11.3 Å². The zero-order valence-corrected chi connectivity index (χ0v) is 11.1. The fourth-order valence-corrected chi connectivity index (χ4v) is 2.66. The number of hydrogen-bond donors (Lipinski definition) is 1. The molecule has 1 atom stereocenters. The van der Waals surface area contributed by atoms with E-state index in [0.717, 1.165) is 17.7 Å². The van der Waals surface area contributed by atoms with Crippen molar-refractivity contribution in [2.75, 3.05) is 0 Å². The zero-order chi connectivity index (χ0) is 11.6. The molecule has 92 valence electrons. The molecule has 1 heterocycles. The Labute approximate surface area is 104 Å². The highest BCUT2D eigenvalue weighted by Gasteiger charge is 2.07. The molecule has 16 heavy (non-hydrogen) atoms. The molecule has 0 fully saturated rings. The second kappa shape index (κ2) is 8.77. The van der Waals surface area contributed by atoms with Crippen LogP contribution >= 0.6 is 11.3 Å². The van der Waals surface area contributed by atoms with Gasteiger partial charge in [0.1, 0.15) is 0 Å². The first-order valence-electron chi connectivity index (χ1n) is 6.56. The summed E-state index contributed by atoms with van der Waals surface area (Å²) in [7, 11) is 0.